The van der Waals surface area contributed by atoms with E-state index < -0.39 is 0 Å². The Morgan fingerprint density at radius 2 is 0.639 bits per heavy atom. The smallest absolute Gasteiger partial charge is 0.160 e. The predicted molar refractivity (Wildman–Crippen MR) is 254 cm³/mol. The van der Waals surface area contributed by atoms with E-state index in [1.807, 2.05) is 0 Å². The van der Waals surface area contributed by atoms with Crippen molar-refractivity contribution in [2.75, 3.05) is 0 Å². The standard InChI is InChI=1S/C58H39N3/c1-4-17-40(18-5-1)42-21-12-23-44(35-42)45-24-13-25-46(36-45)47-26-14-27-48(37-47)49-28-16-30-51(39-49)58-59-55(50-29-15-22-43(38-50)41-19-6-2-7-20-41)57-56(60-58)53-33-10-11-34-54(53)61(57)52-31-8-3-9-32-52/h1-39H. The van der Waals surface area contributed by atoms with Gasteiger partial charge in [-0.15, -0.1) is 0 Å². The lowest BCUT2D eigenvalue weighted by molar-refractivity contribution is 1.15. The Morgan fingerprint density at radius 3 is 1.15 bits per heavy atom. The van der Waals surface area contributed by atoms with Gasteiger partial charge >= 0.3 is 0 Å². The minimum atomic E-state index is 0.687. The van der Waals surface area contributed by atoms with Gasteiger partial charge in [0.1, 0.15) is 5.52 Å². The molecule has 0 radical (unpaired) electrons. The van der Waals surface area contributed by atoms with Crippen molar-refractivity contribution in [2.24, 2.45) is 0 Å². The van der Waals surface area contributed by atoms with E-state index in [-0.39, 0.29) is 0 Å². The van der Waals surface area contributed by atoms with Gasteiger partial charge in [-0.1, -0.05) is 188 Å². The molecule has 0 fully saturated rings. The molecule has 0 aliphatic heterocycles. The normalized spacial score (nSPS) is 11.3. The Morgan fingerprint density at radius 1 is 0.279 bits per heavy atom. The van der Waals surface area contributed by atoms with Crippen LogP contribution in [0.2, 0.25) is 0 Å². The number of hydrogen-bond acceptors (Lipinski definition) is 2. The number of hydrogen-bond donors (Lipinski definition) is 0. The zero-order valence-corrected chi connectivity index (χ0v) is 33.4. The van der Waals surface area contributed by atoms with Gasteiger partial charge in [-0.05, 0) is 104 Å². The van der Waals surface area contributed by atoms with E-state index in [1.165, 1.54) is 27.8 Å². The monoisotopic (exact) mass is 777 g/mol. The highest BCUT2D eigenvalue weighted by atomic mass is 15.0. The highest BCUT2D eigenvalue weighted by Gasteiger charge is 2.21. The second-order valence-corrected chi connectivity index (χ2v) is 15.4. The molecule has 11 aromatic rings. The lowest BCUT2D eigenvalue weighted by Crippen LogP contribution is -2.00. The van der Waals surface area contributed by atoms with Crippen molar-refractivity contribution in [2.45, 2.75) is 0 Å². The Hall–Kier alpha value is -8.14. The zero-order chi connectivity index (χ0) is 40.5. The molecule has 9 aromatic carbocycles. The molecule has 0 saturated heterocycles. The Bertz CT molecular complexity index is 3350. The average molecular weight is 778 g/mol. The van der Waals surface area contributed by atoms with Gasteiger partial charge in [0, 0.05) is 22.2 Å². The molecule has 0 amide bonds. The van der Waals surface area contributed by atoms with Gasteiger partial charge in [-0.2, -0.15) is 0 Å². The Labute approximate surface area is 355 Å². The van der Waals surface area contributed by atoms with Crippen LogP contribution in [-0.4, -0.2) is 14.5 Å². The lowest BCUT2D eigenvalue weighted by Gasteiger charge is -2.13. The maximum absolute atomic E-state index is 5.49. The molecule has 0 aliphatic rings. The first-order valence-electron chi connectivity index (χ1n) is 20.7. The summed E-state index contributed by atoms with van der Waals surface area (Å²) < 4.78 is 2.32. The SMILES string of the molecule is c1ccc(-c2cccc(-c3cccc(-c4cccc(-c5cccc(-c6nc(-c7cccc(-c8ccccc8)c7)c7c(n6)c6ccccc6n7-c6ccccc6)c5)c4)c3)c2)cc1. The second kappa shape index (κ2) is 15.6. The third-order valence-electron chi connectivity index (χ3n) is 11.6. The molecule has 2 heterocycles. The van der Waals surface area contributed by atoms with Crippen molar-refractivity contribution < 1.29 is 0 Å². The quantitative estimate of drug-likeness (QED) is 0.154. The van der Waals surface area contributed by atoms with Crippen LogP contribution in [0.4, 0.5) is 0 Å². The lowest BCUT2D eigenvalue weighted by atomic mass is 9.94. The molecule has 0 aliphatic carbocycles. The first-order valence-corrected chi connectivity index (χ1v) is 20.7. The molecule has 0 N–H and O–H groups in total. The zero-order valence-electron chi connectivity index (χ0n) is 33.4. The number of para-hydroxylation sites is 2. The van der Waals surface area contributed by atoms with Crippen LogP contribution >= 0.6 is 0 Å². The van der Waals surface area contributed by atoms with Crippen LogP contribution in [0.15, 0.2) is 237 Å². The van der Waals surface area contributed by atoms with Gasteiger partial charge in [0.2, 0.25) is 0 Å². The van der Waals surface area contributed by atoms with Crippen LogP contribution in [0.3, 0.4) is 0 Å². The number of rotatable bonds is 8. The van der Waals surface area contributed by atoms with Crippen molar-refractivity contribution in [3.8, 4) is 84.0 Å². The largest absolute Gasteiger partial charge is 0.306 e. The average Bonchev–Trinajstić information content (AvgIpc) is 3.69. The molecule has 2 aromatic heterocycles. The first kappa shape index (κ1) is 36.0. The van der Waals surface area contributed by atoms with Crippen molar-refractivity contribution in [1.82, 2.24) is 14.5 Å². The second-order valence-electron chi connectivity index (χ2n) is 15.4. The minimum absolute atomic E-state index is 0.687. The number of benzene rings is 9. The molecule has 0 atom stereocenters. The van der Waals surface area contributed by atoms with Gasteiger partial charge < -0.3 is 4.57 Å². The summed E-state index contributed by atoms with van der Waals surface area (Å²) in [5.41, 5.74) is 18.6. The van der Waals surface area contributed by atoms with Crippen LogP contribution in [-0.2, 0) is 0 Å². The van der Waals surface area contributed by atoms with Crippen molar-refractivity contribution in [3.05, 3.63) is 237 Å². The van der Waals surface area contributed by atoms with Gasteiger partial charge in [-0.25, -0.2) is 9.97 Å². The number of fused-ring (bicyclic) bond motifs is 3. The fourth-order valence-corrected chi connectivity index (χ4v) is 8.60. The summed E-state index contributed by atoms with van der Waals surface area (Å²) in [5, 5.41) is 1.09. The number of nitrogens with zero attached hydrogens (tertiary/aromatic N) is 3. The third-order valence-corrected chi connectivity index (χ3v) is 11.6. The van der Waals surface area contributed by atoms with E-state index in [9.17, 15) is 0 Å². The van der Waals surface area contributed by atoms with E-state index >= 15 is 0 Å². The van der Waals surface area contributed by atoms with Crippen LogP contribution in [0.25, 0.3) is 106 Å². The summed E-state index contributed by atoms with van der Waals surface area (Å²) in [7, 11) is 0. The van der Waals surface area contributed by atoms with Gasteiger partial charge in [0.15, 0.2) is 5.82 Å². The van der Waals surface area contributed by atoms with Crippen molar-refractivity contribution >= 4 is 21.9 Å². The van der Waals surface area contributed by atoms with Crippen LogP contribution < -0.4 is 0 Å². The van der Waals surface area contributed by atoms with E-state index in [2.05, 4.69) is 241 Å². The Balaban J connectivity index is 1.02. The molecular weight excluding hydrogens is 739 g/mol. The molecule has 0 unspecified atom stereocenters. The van der Waals surface area contributed by atoms with Gasteiger partial charge in [0.25, 0.3) is 0 Å². The summed E-state index contributed by atoms with van der Waals surface area (Å²) in [6, 6.07) is 84.0. The molecule has 11 rings (SSSR count). The van der Waals surface area contributed by atoms with Crippen LogP contribution in [0.5, 0.6) is 0 Å². The highest BCUT2D eigenvalue weighted by Crippen LogP contribution is 2.40. The molecule has 3 heteroatoms. The van der Waals surface area contributed by atoms with E-state index in [4.69, 9.17) is 9.97 Å². The van der Waals surface area contributed by atoms with E-state index in [1.54, 1.807) is 0 Å². The topological polar surface area (TPSA) is 30.7 Å². The van der Waals surface area contributed by atoms with Crippen molar-refractivity contribution in [1.29, 1.82) is 0 Å². The molecule has 0 bridgehead atoms. The summed E-state index contributed by atoms with van der Waals surface area (Å²) >= 11 is 0. The Kier molecular flexibility index (Phi) is 9.18. The van der Waals surface area contributed by atoms with Gasteiger partial charge in [-0.3, -0.25) is 0 Å². The molecular formula is C58H39N3. The highest BCUT2D eigenvalue weighted by molar-refractivity contribution is 6.11. The molecule has 3 nitrogen and oxygen atoms in total. The van der Waals surface area contributed by atoms with E-state index in [0.29, 0.717) is 5.82 Å². The minimum Gasteiger partial charge on any atom is -0.306 e. The first-order chi connectivity index (χ1) is 30.2. The summed E-state index contributed by atoms with van der Waals surface area (Å²) in [5.74, 6) is 0.687. The fraction of sp³-hybridized carbons (Fsp3) is 0. The fourth-order valence-electron chi connectivity index (χ4n) is 8.60. The van der Waals surface area contributed by atoms with Crippen LogP contribution in [0.1, 0.15) is 0 Å². The van der Waals surface area contributed by atoms with Crippen LogP contribution in [0, 0.1) is 0 Å². The third kappa shape index (κ3) is 6.88. The molecule has 0 saturated carbocycles. The maximum Gasteiger partial charge on any atom is 0.160 e. The summed E-state index contributed by atoms with van der Waals surface area (Å²) in [6.07, 6.45) is 0. The van der Waals surface area contributed by atoms with Crippen molar-refractivity contribution in [3.63, 3.8) is 0 Å². The number of aromatic nitrogens is 3. The summed E-state index contributed by atoms with van der Waals surface area (Å²) in [4.78, 5) is 10.9. The molecule has 61 heavy (non-hydrogen) atoms. The van der Waals surface area contributed by atoms with Gasteiger partial charge in [0.05, 0.1) is 16.7 Å². The van der Waals surface area contributed by atoms with E-state index in [0.717, 1.165) is 72.3 Å². The summed E-state index contributed by atoms with van der Waals surface area (Å²) in [6.45, 7) is 0. The maximum atomic E-state index is 5.49. The molecule has 286 valence electrons. The molecule has 0 spiro atoms. The predicted octanol–water partition coefficient (Wildman–Crippen LogP) is 15.2.